The molecule has 1 heterocycles. The number of nitrogens with one attached hydrogen (secondary N) is 1. The van der Waals surface area contributed by atoms with E-state index in [9.17, 15) is 4.79 Å². The fourth-order valence-electron chi connectivity index (χ4n) is 1.41. The number of thiophene rings is 1. The van der Waals surface area contributed by atoms with Gasteiger partial charge in [0.15, 0.2) is 0 Å². The minimum Gasteiger partial charge on any atom is -0.340 e. The molecule has 0 bridgehead atoms. The van der Waals surface area contributed by atoms with Crippen molar-refractivity contribution in [2.24, 2.45) is 0 Å². The summed E-state index contributed by atoms with van der Waals surface area (Å²) >= 11 is 5.08. The first-order valence-corrected chi connectivity index (χ1v) is 7.02. The lowest BCUT2D eigenvalue weighted by Crippen LogP contribution is -2.35. The molecule has 0 atom stereocenters. The molecule has 3 nitrogen and oxygen atoms in total. The molecule has 1 N–H and O–H groups in total. The zero-order valence-electron chi connectivity index (χ0n) is 9.20. The SMILES string of the molecule is CN(Cc1cc(Br)cs1)C(=O)CNC1CC1. The topological polar surface area (TPSA) is 32.3 Å². The highest BCUT2D eigenvalue weighted by Crippen LogP contribution is 2.21. The van der Waals surface area contributed by atoms with Crippen LogP contribution in [-0.4, -0.2) is 30.4 Å². The molecule has 1 aromatic heterocycles. The predicted molar refractivity (Wildman–Crippen MR) is 69.5 cm³/mol. The van der Waals surface area contributed by atoms with Crippen molar-refractivity contribution in [2.45, 2.75) is 25.4 Å². The molecule has 1 amide bonds. The summed E-state index contributed by atoms with van der Waals surface area (Å²) in [6, 6.07) is 2.65. The van der Waals surface area contributed by atoms with Gasteiger partial charge in [0.2, 0.25) is 5.91 Å². The standard InChI is InChI=1S/C11H15BrN2OS/c1-14(6-10-4-8(12)7-16-10)11(15)5-13-9-2-3-9/h4,7,9,13H,2-3,5-6H2,1H3. The fourth-order valence-corrected chi connectivity index (χ4v) is 2.92. The van der Waals surface area contributed by atoms with Crippen LogP contribution >= 0.6 is 27.3 Å². The largest absolute Gasteiger partial charge is 0.340 e. The quantitative estimate of drug-likeness (QED) is 0.904. The Morgan fingerprint density at radius 1 is 1.69 bits per heavy atom. The Kier molecular flexibility index (Phi) is 4.00. The number of hydrogen-bond acceptors (Lipinski definition) is 3. The van der Waals surface area contributed by atoms with Crippen LogP contribution in [0.15, 0.2) is 15.9 Å². The van der Waals surface area contributed by atoms with Gasteiger partial charge in [-0.1, -0.05) is 0 Å². The minimum absolute atomic E-state index is 0.163. The van der Waals surface area contributed by atoms with E-state index < -0.39 is 0 Å². The van der Waals surface area contributed by atoms with Gasteiger partial charge in [0.05, 0.1) is 13.1 Å². The van der Waals surface area contributed by atoms with Crippen LogP contribution in [0.5, 0.6) is 0 Å². The van der Waals surface area contributed by atoms with Crippen LogP contribution in [-0.2, 0) is 11.3 Å². The van der Waals surface area contributed by atoms with E-state index in [1.165, 1.54) is 17.7 Å². The van der Waals surface area contributed by atoms with E-state index in [2.05, 4.69) is 27.3 Å². The molecule has 16 heavy (non-hydrogen) atoms. The second-order valence-corrected chi connectivity index (χ2v) is 6.05. The van der Waals surface area contributed by atoms with Crippen LogP contribution in [0.25, 0.3) is 0 Å². The van der Waals surface area contributed by atoms with Crippen molar-refractivity contribution in [1.29, 1.82) is 0 Å². The van der Waals surface area contributed by atoms with E-state index in [0.29, 0.717) is 19.1 Å². The summed E-state index contributed by atoms with van der Waals surface area (Å²) in [7, 11) is 1.85. The molecule has 1 fully saturated rings. The van der Waals surface area contributed by atoms with Crippen LogP contribution in [0.4, 0.5) is 0 Å². The van der Waals surface area contributed by atoms with Crippen molar-refractivity contribution in [3.05, 3.63) is 20.8 Å². The zero-order chi connectivity index (χ0) is 11.5. The number of amides is 1. The number of rotatable bonds is 5. The van der Waals surface area contributed by atoms with Gasteiger partial charge in [-0.25, -0.2) is 0 Å². The third-order valence-electron chi connectivity index (χ3n) is 2.56. The molecular weight excluding hydrogens is 288 g/mol. The first-order valence-electron chi connectivity index (χ1n) is 5.35. The number of likely N-dealkylation sites (N-methyl/N-ethyl adjacent to an activating group) is 1. The number of nitrogens with zero attached hydrogens (tertiary/aromatic N) is 1. The normalized spacial score (nSPS) is 15.1. The number of carbonyl (C=O) groups is 1. The molecular formula is C11H15BrN2OS. The molecule has 2 rings (SSSR count). The van der Waals surface area contributed by atoms with E-state index >= 15 is 0 Å². The maximum Gasteiger partial charge on any atom is 0.236 e. The smallest absolute Gasteiger partial charge is 0.236 e. The second-order valence-electron chi connectivity index (χ2n) is 4.14. The van der Waals surface area contributed by atoms with Crippen LogP contribution in [0.1, 0.15) is 17.7 Å². The first-order chi connectivity index (χ1) is 7.65. The number of carbonyl (C=O) groups excluding carboxylic acids is 1. The Morgan fingerprint density at radius 2 is 2.44 bits per heavy atom. The molecule has 1 aliphatic carbocycles. The van der Waals surface area contributed by atoms with Crippen molar-refractivity contribution in [1.82, 2.24) is 10.2 Å². The Hall–Kier alpha value is -0.390. The highest BCUT2D eigenvalue weighted by atomic mass is 79.9. The van der Waals surface area contributed by atoms with Crippen LogP contribution in [0.3, 0.4) is 0 Å². The third-order valence-corrected chi connectivity index (χ3v) is 4.24. The summed E-state index contributed by atoms with van der Waals surface area (Å²) in [6.07, 6.45) is 2.43. The molecule has 88 valence electrons. The van der Waals surface area contributed by atoms with E-state index in [-0.39, 0.29) is 5.91 Å². The van der Waals surface area contributed by atoms with E-state index in [0.717, 1.165) is 4.47 Å². The molecule has 0 spiro atoms. The second kappa shape index (κ2) is 5.29. The van der Waals surface area contributed by atoms with Gasteiger partial charge < -0.3 is 10.2 Å². The molecule has 1 aromatic rings. The third kappa shape index (κ3) is 3.57. The number of halogens is 1. The summed E-state index contributed by atoms with van der Waals surface area (Å²) in [5.41, 5.74) is 0. The monoisotopic (exact) mass is 302 g/mol. The van der Waals surface area contributed by atoms with Crippen LogP contribution in [0.2, 0.25) is 0 Å². The Morgan fingerprint density at radius 3 is 3.00 bits per heavy atom. The molecule has 0 unspecified atom stereocenters. The summed E-state index contributed by atoms with van der Waals surface area (Å²) in [5, 5.41) is 5.27. The lowest BCUT2D eigenvalue weighted by Gasteiger charge is -2.16. The fraction of sp³-hybridized carbons (Fsp3) is 0.545. The maximum absolute atomic E-state index is 11.7. The molecule has 0 aromatic carbocycles. The zero-order valence-corrected chi connectivity index (χ0v) is 11.6. The average molecular weight is 303 g/mol. The molecule has 5 heteroatoms. The summed E-state index contributed by atoms with van der Waals surface area (Å²) in [5.74, 6) is 0.163. The van der Waals surface area contributed by atoms with Crippen LogP contribution in [0, 0.1) is 0 Å². The van der Waals surface area contributed by atoms with Gasteiger partial charge in [0.25, 0.3) is 0 Å². The van der Waals surface area contributed by atoms with Gasteiger partial charge in [0, 0.05) is 27.8 Å². The highest BCUT2D eigenvalue weighted by Gasteiger charge is 2.22. The van der Waals surface area contributed by atoms with Gasteiger partial charge in [-0.3, -0.25) is 4.79 Å². The minimum atomic E-state index is 0.163. The van der Waals surface area contributed by atoms with Crippen molar-refractivity contribution in [3.63, 3.8) is 0 Å². The van der Waals surface area contributed by atoms with Crippen molar-refractivity contribution in [2.75, 3.05) is 13.6 Å². The number of hydrogen-bond donors (Lipinski definition) is 1. The lowest BCUT2D eigenvalue weighted by molar-refractivity contribution is -0.129. The van der Waals surface area contributed by atoms with Gasteiger partial charge in [-0.2, -0.15) is 0 Å². The molecule has 0 aliphatic heterocycles. The lowest BCUT2D eigenvalue weighted by atomic mass is 10.4. The molecule has 1 saturated carbocycles. The molecule has 0 radical (unpaired) electrons. The van der Waals surface area contributed by atoms with Gasteiger partial charge in [0.1, 0.15) is 0 Å². The Labute approximate surface area is 108 Å². The van der Waals surface area contributed by atoms with Crippen molar-refractivity contribution >= 4 is 33.2 Å². The summed E-state index contributed by atoms with van der Waals surface area (Å²) < 4.78 is 1.09. The predicted octanol–water partition coefficient (Wildman–Crippen LogP) is 2.22. The Bertz CT molecular complexity index is 376. The van der Waals surface area contributed by atoms with E-state index in [4.69, 9.17) is 0 Å². The van der Waals surface area contributed by atoms with Crippen molar-refractivity contribution in [3.8, 4) is 0 Å². The van der Waals surface area contributed by atoms with Gasteiger partial charge in [-0.15, -0.1) is 11.3 Å². The highest BCUT2D eigenvalue weighted by molar-refractivity contribution is 9.10. The van der Waals surface area contributed by atoms with Crippen LogP contribution < -0.4 is 5.32 Å². The van der Waals surface area contributed by atoms with Gasteiger partial charge in [-0.05, 0) is 34.8 Å². The van der Waals surface area contributed by atoms with E-state index in [1.807, 2.05) is 12.4 Å². The maximum atomic E-state index is 11.7. The van der Waals surface area contributed by atoms with E-state index in [1.54, 1.807) is 16.2 Å². The summed E-state index contributed by atoms with van der Waals surface area (Å²) in [4.78, 5) is 14.7. The molecule has 1 aliphatic rings. The Balaban J connectivity index is 1.77. The van der Waals surface area contributed by atoms with Crippen molar-refractivity contribution < 1.29 is 4.79 Å². The van der Waals surface area contributed by atoms with Gasteiger partial charge >= 0.3 is 0 Å². The first kappa shape index (κ1) is 12.1. The summed E-state index contributed by atoms with van der Waals surface area (Å²) in [6.45, 7) is 1.16. The molecule has 0 saturated heterocycles. The average Bonchev–Trinajstić information content (AvgIpc) is 2.99.